The summed E-state index contributed by atoms with van der Waals surface area (Å²) in [6.45, 7) is 0. The molecule has 63 heavy (non-hydrogen) atoms. The van der Waals surface area contributed by atoms with E-state index in [9.17, 15) is 0 Å². The van der Waals surface area contributed by atoms with E-state index in [1.807, 2.05) is 11.3 Å². The van der Waals surface area contributed by atoms with Crippen molar-refractivity contribution in [2.24, 2.45) is 0 Å². The minimum absolute atomic E-state index is 1.16. The molecule has 0 amide bonds. The number of benzene rings is 10. The standard InChI is InChI=1S/C60H38N2S/c1-3-14-39(15-4-1)41-26-28-42(29-27-41)51-37-47(38-54-50-22-9-12-25-59(50)63-60(51)54)62-56-24-11-8-21-49(56)53-36-45(31-33-58(53)62)44-30-32-57-52(35-44)48-20-7-10-23-55(48)61(57)46-19-13-18-43(34-46)40-16-5-2-6-17-40/h1-38H. The van der Waals surface area contributed by atoms with E-state index in [-0.39, 0.29) is 0 Å². The maximum absolute atomic E-state index is 2.47. The van der Waals surface area contributed by atoms with Gasteiger partial charge in [0.15, 0.2) is 0 Å². The number of fused-ring (bicyclic) bond motifs is 9. The van der Waals surface area contributed by atoms with Gasteiger partial charge in [0.2, 0.25) is 0 Å². The van der Waals surface area contributed by atoms with Crippen molar-refractivity contribution in [2.45, 2.75) is 0 Å². The molecule has 0 spiro atoms. The Morgan fingerprint density at radius 2 is 0.714 bits per heavy atom. The fraction of sp³-hybridized carbons (Fsp3) is 0. The lowest BCUT2D eigenvalue weighted by Gasteiger charge is -2.13. The third-order valence-electron chi connectivity index (χ3n) is 12.9. The van der Waals surface area contributed by atoms with Crippen LogP contribution >= 0.6 is 11.3 Å². The summed E-state index contributed by atoms with van der Waals surface area (Å²) < 4.78 is 7.51. The molecule has 10 aromatic carbocycles. The van der Waals surface area contributed by atoms with Crippen LogP contribution in [0.1, 0.15) is 0 Å². The highest BCUT2D eigenvalue weighted by molar-refractivity contribution is 7.26. The summed E-state index contributed by atoms with van der Waals surface area (Å²) in [4.78, 5) is 0. The van der Waals surface area contributed by atoms with Gasteiger partial charge in [-0.05, 0) is 106 Å². The monoisotopic (exact) mass is 818 g/mol. The first-order valence-electron chi connectivity index (χ1n) is 21.6. The first kappa shape index (κ1) is 35.7. The molecular formula is C60H38N2S. The van der Waals surface area contributed by atoms with Gasteiger partial charge in [-0.3, -0.25) is 0 Å². The van der Waals surface area contributed by atoms with Crippen LogP contribution in [-0.2, 0) is 0 Å². The lowest BCUT2D eigenvalue weighted by Crippen LogP contribution is -1.95. The molecule has 0 fully saturated rings. The van der Waals surface area contributed by atoms with Crippen molar-refractivity contribution in [1.29, 1.82) is 0 Å². The minimum Gasteiger partial charge on any atom is -0.309 e. The van der Waals surface area contributed by atoms with Gasteiger partial charge in [0.25, 0.3) is 0 Å². The van der Waals surface area contributed by atoms with E-state index < -0.39 is 0 Å². The smallest absolute Gasteiger partial charge is 0.0541 e. The second-order valence-corrected chi connectivity index (χ2v) is 17.5. The molecule has 0 saturated heterocycles. The topological polar surface area (TPSA) is 9.86 Å². The molecule has 0 unspecified atom stereocenters. The molecule has 3 aromatic heterocycles. The second-order valence-electron chi connectivity index (χ2n) is 16.5. The number of thiophene rings is 1. The summed E-state index contributed by atoms with van der Waals surface area (Å²) in [5.41, 5.74) is 16.9. The summed E-state index contributed by atoms with van der Waals surface area (Å²) >= 11 is 1.89. The summed E-state index contributed by atoms with van der Waals surface area (Å²) in [6.07, 6.45) is 0. The Balaban J connectivity index is 0.967. The third kappa shape index (κ3) is 5.78. The number of rotatable bonds is 6. The van der Waals surface area contributed by atoms with E-state index in [4.69, 9.17) is 0 Å². The number of para-hydroxylation sites is 2. The second kappa shape index (κ2) is 14.3. The zero-order valence-electron chi connectivity index (χ0n) is 34.2. The van der Waals surface area contributed by atoms with Crippen LogP contribution in [0, 0.1) is 0 Å². The fourth-order valence-electron chi connectivity index (χ4n) is 9.94. The van der Waals surface area contributed by atoms with E-state index in [2.05, 4.69) is 240 Å². The maximum Gasteiger partial charge on any atom is 0.0541 e. The molecule has 0 saturated carbocycles. The molecule has 0 N–H and O–H groups in total. The summed E-state index contributed by atoms with van der Waals surface area (Å²) in [7, 11) is 0. The maximum atomic E-state index is 2.47. The lowest BCUT2D eigenvalue weighted by molar-refractivity contribution is 1.18. The van der Waals surface area contributed by atoms with E-state index in [0.717, 1.165) is 11.4 Å². The van der Waals surface area contributed by atoms with Crippen LogP contribution < -0.4 is 0 Å². The van der Waals surface area contributed by atoms with Gasteiger partial charge in [0, 0.05) is 58.7 Å². The van der Waals surface area contributed by atoms with E-state index in [1.165, 1.54) is 108 Å². The number of aromatic nitrogens is 2. The van der Waals surface area contributed by atoms with Crippen molar-refractivity contribution in [2.75, 3.05) is 0 Å². The fourth-order valence-corrected chi connectivity index (χ4v) is 11.2. The lowest BCUT2D eigenvalue weighted by atomic mass is 9.98. The highest BCUT2D eigenvalue weighted by Crippen LogP contribution is 2.44. The van der Waals surface area contributed by atoms with Crippen molar-refractivity contribution in [3.8, 4) is 55.9 Å². The van der Waals surface area contributed by atoms with Gasteiger partial charge in [0.1, 0.15) is 0 Å². The van der Waals surface area contributed by atoms with Crippen molar-refractivity contribution in [3.05, 3.63) is 231 Å². The average molecular weight is 819 g/mol. The van der Waals surface area contributed by atoms with Gasteiger partial charge in [-0.2, -0.15) is 0 Å². The van der Waals surface area contributed by atoms with Crippen LogP contribution in [0.3, 0.4) is 0 Å². The summed E-state index contributed by atoms with van der Waals surface area (Å²) in [6, 6.07) is 84.7. The van der Waals surface area contributed by atoms with Crippen molar-refractivity contribution < 1.29 is 0 Å². The average Bonchev–Trinajstić information content (AvgIpc) is 4.02. The Bertz CT molecular complexity index is 3890. The molecule has 0 bridgehead atoms. The Morgan fingerprint density at radius 3 is 1.37 bits per heavy atom. The van der Waals surface area contributed by atoms with Crippen molar-refractivity contribution >= 4 is 75.1 Å². The van der Waals surface area contributed by atoms with Gasteiger partial charge in [0.05, 0.1) is 22.1 Å². The van der Waals surface area contributed by atoms with Gasteiger partial charge in [-0.1, -0.05) is 164 Å². The predicted molar refractivity (Wildman–Crippen MR) is 270 cm³/mol. The van der Waals surface area contributed by atoms with Crippen LogP contribution in [0.25, 0.3) is 120 Å². The van der Waals surface area contributed by atoms with Crippen LogP contribution in [0.2, 0.25) is 0 Å². The molecular weight excluding hydrogens is 781 g/mol. The Labute approximate surface area is 368 Å². The van der Waals surface area contributed by atoms with E-state index in [0.29, 0.717) is 0 Å². The Morgan fingerprint density at radius 1 is 0.254 bits per heavy atom. The molecule has 0 aliphatic heterocycles. The highest BCUT2D eigenvalue weighted by atomic mass is 32.1. The van der Waals surface area contributed by atoms with E-state index >= 15 is 0 Å². The number of hydrogen-bond acceptors (Lipinski definition) is 1. The molecule has 13 rings (SSSR count). The third-order valence-corrected chi connectivity index (χ3v) is 14.1. The first-order chi connectivity index (χ1) is 31.2. The minimum atomic E-state index is 1.16. The summed E-state index contributed by atoms with van der Waals surface area (Å²) in [5, 5.41) is 7.57. The molecule has 0 atom stereocenters. The molecule has 0 aliphatic rings. The van der Waals surface area contributed by atoms with Crippen molar-refractivity contribution in [1.82, 2.24) is 9.13 Å². The SMILES string of the molecule is c1ccc(-c2ccc(-c3cc(-n4c5ccccc5c5cc(-c6ccc7c(c6)c6ccccc6n7-c6cccc(-c7ccccc7)c6)ccc54)cc4c3sc3ccccc34)cc2)cc1. The van der Waals surface area contributed by atoms with Gasteiger partial charge in [-0.15, -0.1) is 11.3 Å². The predicted octanol–water partition coefficient (Wildman–Crippen LogP) is 16.9. The molecule has 3 heteroatoms. The Hall–Kier alpha value is -7.98. The molecule has 13 aromatic rings. The zero-order chi connectivity index (χ0) is 41.4. The molecule has 3 heterocycles. The van der Waals surface area contributed by atoms with Crippen LogP contribution in [0.15, 0.2) is 231 Å². The quantitative estimate of drug-likeness (QED) is 0.158. The zero-order valence-corrected chi connectivity index (χ0v) is 35.1. The van der Waals surface area contributed by atoms with Gasteiger partial charge in [-0.25, -0.2) is 0 Å². The Kier molecular flexibility index (Phi) is 8.12. The van der Waals surface area contributed by atoms with Gasteiger partial charge < -0.3 is 9.13 Å². The van der Waals surface area contributed by atoms with Crippen LogP contribution in [0.5, 0.6) is 0 Å². The van der Waals surface area contributed by atoms with Crippen molar-refractivity contribution in [3.63, 3.8) is 0 Å². The van der Waals surface area contributed by atoms with Crippen LogP contribution in [0.4, 0.5) is 0 Å². The van der Waals surface area contributed by atoms with Crippen LogP contribution in [-0.4, -0.2) is 9.13 Å². The molecule has 294 valence electrons. The molecule has 0 radical (unpaired) electrons. The molecule has 2 nitrogen and oxygen atoms in total. The first-order valence-corrected chi connectivity index (χ1v) is 22.4. The van der Waals surface area contributed by atoms with E-state index in [1.54, 1.807) is 0 Å². The highest BCUT2D eigenvalue weighted by Gasteiger charge is 2.19. The largest absolute Gasteiger partial charge is 0.309 e. The number of hydrogen-bond donors (Lipinski definition) is 0. The van der Waals surface area contributed by atoms with Gasteiger partial charge >= 0.3 is 0 Å². The summed E-state index contributed by atoms with van der Waals surface area (Å²) in [5.74, 6) is 0. The normalized spacial score (nSPS) is 11.8. The number of nitrogens with zero attached hydrogens (tertiary/aromatic N) is 2. The molecule has 0 aliphatic carbocycles.